The smallest absolute Gasteiger partial charge is 0.209 e. The number of hydrogen-bond donors (Lipinski definition) is 2. The molecular weight excluding hydrogens is 376 g/mol. The average molecular weight is 407 g/mol. The number of ether oxygens (including phenoxy) is 2. The van der Waals surface area contributed by atoms with Crippen LogP contribution in [-0.2, 0) is 12.0 Å². The number of nitriles is 1. The summed E-state index contributed by atoms with van der Waals surface area (Å²) >= 11 is 0. The van der Waals surface area contributed by atoms with E-state index in [-0.39, 0.29) is 5.41 Å². The van der Waals surface area contributed by atoms with Gasteiger partial charge in [0, 0.05) is 24.1 Å². The maximum Gasteiger partial charge on any atom is 0.209 e. The number of rotatable bonds is 7. The summed E-state index contributed by atoms with van der Waals surface area (Å²) < 4.78 is 10.9. The summed E-state index contributed by atoms with van der Waals surface area (Å²) in [6.07, 6.45) is 7.88. The minimum absolute atomic E-state index is 0.0606. The summed E-state index contributed by atoms with van der Waals surface area (Å²) in [6, 6.07) is 16.4. The fourth-order valence-electron chi connectivity index (χ4n) is 4.30. The summed E-state index contributed by atoms with van der Waals surface area (Å²) in [7, 11) is 3.24. The average Bonchev–Trinajstić information content (AvgIpc) is 2.81. The normalized spacial score (nSPS) is 15.7. The van der Waals surface area contributed by atoms with E-state index in [1.165, 1.54) is 24.8 Å². The zero-order valence-corrected chi connectivity index (χ0v) is 17.8. The van der Waals surface area contributed by atoms with Gasteiger partial charge in [-0.1, -0.05) is 61.7 Å². The lowest BCUT2D eigenvalue weighted by Crippen LogP contribution is -2.46. The van der Waals surface area contributed by atoms with Gasteiger partial charge in [-0.05, 0) is 24.5 Å². The first kappa shape index (κ1) is 21.5. The van der Waals surface area contributed by atoms with Crippen molar-refractivity contribution in [3.05, 3.63) is 59.7 Å². The summed E-state index contributed by atoms with van der Waals surface area (Å²) in [6.45, 7) is 1.20. The van der Waals surface area contributed by atoms with Gasteiger partial charge in [0.15, 0.2) is 11.5 Å². The Hall–Kier alpha value is -3.20. The molecule has 2 aromatic rings. The molecule has 0 heterocycles. The second kappa shape index (κ2) is 10.5. The van der Waals surface area contributed by atoms with E-state index in [0.717, 1.165) is 24.9 Å². The van der Waals surface area contributed by atoms with Crippen LogP contribution in [0.4, 0.5) is 0 Å². The van der Waals surface area contributed by atoms with Crippen LogP contribution in [-0.4, -0.2) is 26.7 Å². The van der Waals surface area contributed by atoms with E-state index < -0.39 is 0 Å². The molecule has 1 fully saturated rings. The Morgan fingerprint density at radius 1 is 1.00 bits per heavy atom. The van der Waals surface area contributed by atoms with Crippen LogP contribution in [0.1, 0.15) is 43.2 Å². The zero-order valence-electron chi connectivity index (χ0n) is 17.8. The fraction of sp³-hybridized carbons (Fsp3) is 0.417. The Morgan fingerprint density at radius 3 is 2.43 bits per heavy atom. The number of benzene rings is 2. The zero-order chi connectivity index (χ0) is 21.2. The highest BCUT2D eigenvalue weighted by Crippen LogP contribution is 2.39. The van der Waals surface area contributed by atoms with Crippen LogP contribution in [0.5, 0.6) is 11.5 Å². The quantitative estimate of drug-likeness (QED) is 0.411. The van der Waals surface area contributed by atoms with Crippen LogP contribution in [0.15, 0.2) is 53.5 Å². The third kappa shape index (κ3) is 5.04. The van der Waals surface area contributed by atoms with Gasteiger partial charge in [0.25, 0.3) is 0 Å². The minimum Gasteiger partial charge on any atom is -0.493 e. The van der Waals surface area contributed by atoms with Crippen molar-refractivity contribution in [2.45, 2.75) is 44.1 Å². The minimum atomic E-state index is 0.0606. The van der Waals surface area contributed by atoms with E-state index in [9.17, 15) is 5.26 Å². The summed E-state index contributed by atoms with van der Waals surface area (Å²) in [5, 5.41) is 15.8. The molecule has 1 aliphatic carbocycles. The molecule has 1 saturated carbocycles. The first-order chi connectivity index (χ1) is 14.7. The van der Waals surface area contributed by atoms with Crippen LogP contribution in [0.2, 0.25) is 0 Å². The number of guanidine groups is 1. The highest BCUT2D eigenvalue weighted by atomic mass is 16.5. The highest BCUT2D eigenvalue weighted by Gasteiger charge is 2.33. The van der Waals surface area contributed by atoms with Crippen molar-refractivity contribution in [2.24, 2.45) is 4.99 Å². The van der Waals surface area contributed by atoms with E-state index in [0.29, 0.717) is 24.0 Å². The molecule has 0 bridgehead atoms. The van der Waals surface area contributed by atoms with Gasteiger partial charge in [-0.2, -0.15) is 5.26 Å². The predicted octanol–water partition coefficient (Wildman–Crippen LogP) is 4.12. The molecule has 30 heavy (non-hydrogen) atoms. The second-order valence-electron chi connectivity index (χ2n) is 7.63. The van der Waals surface area contributed by atoms with Gasteiger partial charge in [-0.25, -0.2) is 0 Å². The lowest BCUT2D eigenvalue weighted by atomic mass is 9.69. The van der Waals surface area contributed by atoms with Crippen LogP contribution in [0.3, 0.4) is 0 Å². The Kier molecular flexibility index (Phi) is 7.56. The molecule has 2 N–H and O–H groups in total. The van der Waals surface area contributed by atoms with Crippen LogP contribution in [0.25, 0.3) is 0 Å². The summed E-state index contributed by atoms with van der Waals surface area (Å²) in [5.74, 6) is 1.83. The molecule has 0 saturated heterocycles. The molecular formula is C24H30N4O2. The van der Waals surface area contributed by atoms with E-state index in [1.54, 1.807) is 14.2 Å². The van der Waals surface area contributed by atoms with Gasteiger partial charge in [-0.15, -0.1) is 4.99 Å². The summed E-state index contributed by atoms with van der Waals surface area (Å²) in [5.41, 5.74) is 2.34. The fourth-order valence-corrected chi connectivity index (χ4v) is 4.30. The molecule has 0 unspecified atom stereocenters. The van der Waals surface area contributed by atoms with Crippen molar-refractivity contribution in [1.82, 2.24) is 10.6 Å². The van der Waals surface area contributed by atoms with Gasteiger partial charge in [0.1, 0.15) is 0 Å². The second-order valence-corrected chi connectivity index (χ2v) is 7.63. The van der Waals surface area contributed by atoms with Gasteiger partial charge < -0.3 is 20.1 Å². The summed E-state index contributed by atoms with van der Waals surface area (Å²) in [4.78, 5) is 3.97. The SMILES string of the molecule is COc1cccc(CN/C(=N\C#N)NCC2(c3ccccc3)CCCCC2)c1OC. The van der Waals surface area contributed by atoms with Crippen LogP contribution < -0.4 is 20.1 Å². The molecule has 2 aromatic carbocycles. The highest BCUT2D eigenvalue weighted by molar-refractivity contribution is 5.80. The van der Waals surface area contributed by atoms with E-state index >= 15 is 0 Å². The lowest BCUT2D eigenvalue weighted by Gasteiger charge is -2.38. The molecule has 0 amide bonds. The van der Waals surface area contributed by atoms with Gasteiger partial charge in [0.05, 0.1) is 14.2 Å². The van der Waals surface area contributed by atoms with Crippen molar-refractivity contribution in [2.75, 3.05) is 20.8 Å². The number of methoxy groups -OCH3 is 2. The first-order valence-corrected chi connectivity index (χ1v) is 10.4. The van der Waals surface area contributed by atoms with Crippen molar-refractivity contribution >= 4 is 5.96 Å². The standard InChI is InChI=1S/C24H30N4O2/c1-29-21-13-9-10-19(22(21)30-2)16-26-23(28-18-25)27-17-24(14-7-4-8-15-24)20-11-5-3-6-12-20/h3,5-6,9-13H,4,7-8,14-17H2,1-2H3,(H2,26,27,28). The largest absolute Gasteiger partial charge is 0.493 e. The number of nitrogens with one attached hydrogen (secondary N) is 2. The Bertz CT molecular complexity index is 884. The van der Waals surface area contributed by atoms with Crippen molar-refractivity contribution in [3.63, 3.8) is 0 Å². The van der Waals surface area contributed by atoms with E-state index in [1.807, 2.05) is 24.4 Å². The molecule has 0 spiro atoms. The van der Waals surface area contributed by atoms with Crippen LogP contribution >= 0.6 is 0 Å². The molecule has 0 radical (unpaired) electrons. The van der Waals surface area contributed by atoms with Crippen molar-refractivity contribution < 1.29 is 9.47 Å². The molecule has 3 rings (SSSR count). The van der Waals surface area contributed by atoms with Crippen molar-refractivity contribution in [3.8, 4) is 17.7 Å². The van der Waals surface area contributed by atoms with Gasteiger partial charge in [-0.3, -0.25) is 0 Å². The molecule has 0 aliphatic heterocycles. The maximum atomic E-state index is 9.17. The number of hydrogen-bond acceptors (Lipinski definition) is 4. The van der Waals surface area contributed by atoms with E-state index in [4.69, 9.17) is 9.47 Å². The molecule has 0 atom stereocenters. The maximum absolute atomic E-state index is 9.17. The topological polar surface area (TPSA) is 78.7 Å². The Labute approximate surface area is 178 Å². The molecule has 1 aliphatic rings. The third-order valence-corrected chi connectivity index (χ3v) is 5.88. The van der Waals surface area contributed by atoms with E-state index in [2.05, 4.69) is 46.0 Å². The Morgan fingerprint density at radius 2 is 1.77 bits per heavy atom. The van der Waals surface area contributed by atoms with Gasteiger partial charge in [0.2, 0.25) is 12.2 Å². The molecule has 6 heteroatoms. The monoisotopic (exact) mass is 406 g/mol. The third-order valence-electron chi connectivity index (χ3n) is 5.88. The number of para-hydroxylation sites is 1. The van der Waals surface area contributed by atoms with Crippen LogP contribution in [0, 0.1) is 11.5 Å². The lowest BCUT2D eigenvalue weighted by molar-refractivity contribution is 0.291. The van der Waals surface area contributed by atoms with Crippen molar-refractivity contribution in [1.29, 1.82) is 5.26 Å². The molecule has 158 valence electrons. The number of aliphatic imine (C=N–C) groups is 1. The number of nitrogens with zero attached hydrogens (tertiary/aromatic N) is 2. The predicted molar refractivity (Wildman–Crippen MR) is 119 cm³/mol. The Balaban J connectivity index is 1.72. The van der Waals surface area contributed by atoms with Gasteiger partial charge >= 0.3 is 0 Å². The molecule has 0 aromatic heterocycles. The first-order valence-electron chi connectivity index (χ1n) is 10.4. The molecule has 6 nitrogen and oxygen atoms in total.